The minimum absolute atomic E-state index is 0.204. The molecule has 0 unspecified atom stereocenters. The fraction of sp³-hybridized carbons (Fsp3) is 0.263. The lowest BCUT2D eigenvalue weighted by Gasteiger charge is -2.11. The number of para-hydroxylation sites is 1. The normalized spacial score (nSPS) is 13.0. The molecule has 3 rings (SSSR count). The second kappa shape index (κ2) is 7.70. The van der Waals surface area contributed by atoms with Crippen LogP contribution in [0, 0.1) is 0 Å². The highest BCUT2D eigenvalue weighted by Gasteiger charge is 2.23. The standard InChI is InChI=1S/C19H21N3O3/c1-2-25-17-6-4-3-5-16(17)18(23)20-13-7-9-14(10-8-13)21-19(24)22-15-11-12-15/h3-10,15H,2,11-12H2,1H3,(H,20,23)(H2,21,22,24). The van der Waals surface area contributed by atoms with Crippen molar-refractivity contribution < 1.29 is 14.3 Å². The van der Waals surface area contributed by atoms with E-state index in [2.05, 4.69) is 16.0 Å². The number of hydrogen-bond donors (Lipinski definition) is 3. The second-order valence-electron chi connectivity index (χ2n) is 5.83. The molecule has 2 aromatic rings. The van der Waals surface area contributed by atoms with E-state index in [1.165, 1.54) is 0 Å². The van der Waals surface area contributed by atoms with Crippen LogP contribution >= 0.6 is 0 Å². The molecule has 3 N–H and O–H groups in total. The maximum Gasteiger partial charge on any atom is 0.319 e. The molecule has 0 radical (unpaired) electrons. The van der Waals surface area contributed by atoms with Gasteiger partial charge in [-0.1, -0.05) is 12.1 Å². The number of hydrogen-bond acceptors (Lipinski definition) is 3. The zero-order valence-corrected chi connectivity index (χ0v) is 14.0. The van der Waals surface area contributed by atoms with E-state index in [0.717, 1.165) is 12.8 Å². The highest BCUT2D eigenvalue weighted by atomic mass is 16.5. The summed E-state index contributed by atoms with van der Waals surface area (Å²) in [6.45, 7) is 2.37. The van der Waals surface area contributed by atoms with Crippen molar-refractivity contribution in [3.63, 3.8) is 0 Å². The van der Waals surface area contributed by atoms with Crippen LogP contribution in [0.2, 0.25) is 0 Å². The van der Waals surface area contributed by atoms with E-state index < -0.39 is 0 Å². The van der Waals surface area contributed by atoms with Crippen LogP contribution in [0.5, 0.6) is 5.75 Å². The van der Waals surface area contributed by atoms with Gasteiger partial charge in [0.25, 0.3) is 5.91 Å². The van der Waals surface area contributed by atoms with E-state index in [9.17, 15) is 9.59 Å². The molecule has 6 heteroatoms. The Labute approximate surface area is 146 Å². The number of nitrogens with one attached hydrogen (secondary N) is 3. The molecule has 1 fully saturated rings. The van der Waals surface area contributed by atoms with E-state index in [0.29, 0.717) is 35.3 Å². The van der Waals surface area contributed by atoms with Gasteiger partial charge in [-0.3, -0.25) is 4.79 Å². The summed E-state index contributed by atoms with van der Waals surface area (Å²) >= 11 is 0. The average Bonchev–Trinajstić information content (AvgIpc) is 3.41. The quantitative estimate of drug-likeness (QED) is 0.752. The van der Waals surface area contributed by atoms with Crippen LogP contribution < -0.4 is 20.7 Å². The minimum Gasteiger partial charge on any atom is -0.493 e. The third-order valence-corrected chi connectivity index (χ3v) is 3.74. The molecule has 0 spiro atoms. The molecule has 0 atom stereocenters. The van der Waals surface area contributed by atoms with Gasteiger partial charge in [0.2, 0.25) is 0 Å². The van der Waals surface area contributed by atoms with Crippen LogP contribution in [-0.4, -0.2) is 24.6 Å². The van der Waals surface area contributed by atoms with Crippen LogP contribution in [0.15, 0.2) is 48.5 Å². The number of benzene rings is 2. The first-order valence-corrected chi connectivity index (χ1v) is 8.36. The van der Waals surface area contributed by atoms with E-state index in [1.807, 2.05) is 13.0 Å². The van der Waals surface area contributed by atoms with Gasteiger partial charge in [0.15, 0.2) is 0 Å². The van der Waals surface area contributed by atoms with Gasteiger partial charge in [-0.05, 0) is 56.2 Å². The largest absolute Gasteiger partial charge is 0.493 e. The molecule has 25 heavy (non-hydrogen) atoms. The monoisotopic (exact) mass is 339 g/mol. The number of anilines is 2. The Bertz CT molecular complexity index is 755. The van der Waals surface area contributed by atoms with Gasteiger partial charge in [-0.2, -0.15) is 0 Å². The first-order valence-electron chi connectivity index (χ1n) is 8.36. The third-order valence-electron chi connectivity index (χ3n) is 3.74. The molecule has 130 valence electrons. The van der Waals surface area contributed by atoms with Crippen molar-refractivity contribution in [3.8, 4) is 5.75 Å². The molecule has 0 aliphatic heterocycles. The SMILES string of the molecule is CCOc1ccccc1C(=O)Nc1ccc(NC(=O)NC2CC2)cc1. The second-order valence-corrected chi connectivity index (χ2v) is 5.83. The van der Waals surface area contributed by atoms with E-state index in [-0.39, 0.29) is 11.9 Å². The summed E-state index contributed by atoms with van der Waals surface area (Å²) in [6, 6.07) is 14.2. The van der Waals surface area contributed by atoms with Gasteiger partial charge in [0.05, 0.1) is 12.2 Å². The van der Waals surface area contributed by atoms with Gasteiger partial charge in [0, 0.05) is 17.4 Å². The summed E-state index contributed by atoms with van der Waals surface area (Å²) in [4.78, 5) is 24.1. The zero-order valence-electron chi connectivity index (χ0n) is 14.0. The smallest absolute Gasteiger partial charge is 0.319 e. The Balaban J connectivity index is 1.61. The van der Waals surface area contributed by atoms with Crippen molar-refractivity contribution in [2.24, 2.45) is 0 Å². The lowest BCUT2D eigenvalue weighted by Crippen LogP contribution is -2.30. The van der Waals surface area contributed by atoms with E-state index in [1.54, 1.807) is 42.5 Å². The van der Waals surface area contributed by atoms with E-state index >= 15 is 0 Å². The van der Waals surface area contributed by atoms with Crippen molar-refractivity contribution in [3.05, 3.63) is 54.1 Å². The molecule has 0 bridgehead atoms. The minimum atomic E-state index is -0.240. The maximum absolute atomic E-state index is 12.4. The molecule has 1 aliphatic rings. The number of rotatable bonds is 6. The highest BCUT2D eigenvalue weighted by molar-refractivity contribution is 6.06. The van der Waals surface area contributed by atoms with Crippen LogP contribution in [0.1, 0.15) is 30.1 Å². The number of carbonyl (C=O) groups is 2. The van der Waals surface area contributed by atoms with Crippen LogP contribution in [0.3, 0.4) is 0 Å². The summed E-state index contributed by atoms with van der Waals surface area (Å²) in [5.74, 6) is 0.314. The predicted octanol–water partition coefficient (Wildman–Crippen LogP) is 3.62. The summed E-state index contributed by atoms with van der Waals surface area (Å²) < 4.78 is 5.48. The fourth-order valence-corrected chi connectivity index (χ4v) is 2.35. The Morgan fingerprint density at radius 3 is 2.28 bits per heavy atom. The molecular formula is C19H21N3O3. The molecule has 1 aliphatic carbocycles. The zero-order chi connectivity index (χ0) is 17.6. The first kappa shape index (κ1) is 16.8. The Morgan fingerprint density at radius 1 is 1.00 bits per heavy atom. The van der Waals surface area contributed by atoms with Gasteiger partial charge in [0.1, 0.15) is 5.75 Å². The van der Waals surface area contributed by atoms with Gasteiger partial charge < -0.3 is 20.7 Å². The summed E-state index contributed by atoms with van der Waals surface area (Å²) in [5.41, 5.74) is 1.80. The van der Waals surface area contributed by atoms with Crippen molar-refractivity contribution >= 4 is 23.3 Å². The molecule has 2 aromatic carbocycles. The highest BCUT2D eigenvalue weighted by Crippen LogP contribution is 2.21. The van der Waals surface area contributed by atoms with E-state index in [4.69, 9.17) is 4.74 Å². The summed E-state index contributed by atoms with van der Waals surface area (Å²) in [7, 11) is 0. The molecule has 1 saturated carbocycles. The molecule has 0 heterocycles. The number of urea groups is 1. The Hall–Kier alpha value is -3.02. The Kier molecular flexibility index (Phi) is 5.18. The van der Waals surface area contributed by atoms with Crippen molar-refractivity contribution in [1.82, 2.24) is 5.32 Å². The van der Waals surface area contributed by atoms with Crippen molar-refractivity contribution in [1.29, 1.82) is 0 Å². The molecule has 6 nitrogen and oxygen atoms in total. The number of amides is 3. The van der Waals surface area contributed by atoms with Gasteiger partial charge in [-0.15, -0.1) is 0 Å². The lowest BCUT2D eigenvalue weighted by atomic mass is 10.2. The molecular weight excluding hydrogens is 318 g/mol. The molecule has 3 amide bonds. The molecule has 0 aromatic heterocycles. The first-order chi connectivity index (χ1) is 12.2. The maximum atomic E-state index is 12.4. The van der Waals surface area contributed by atoms with Crippen LogP contribution in [-0.2, 0) is 0 Å². The number of ether oxygens (including phenoxy) is 1. The van der Waals surface area contributed by atoms with Crippen LogP contribution in [0.25, 0.3) is 0 Å². The lowest BCUT2D eigenvalue weighted by molar-refractivity contribution is 0.102. The molecule has 0 saturated heterocycles. The van der Waals surface area contributed by atoms with Crippen molar-refractivity contribution in [2.75, 3.05) is 17.2 Å². The topological polar surface area (TPSA) is 79.5 Å². The summed E-state index contributed by atoms with van der Waals surface area (Å²) in [6.07, 6.45) is 2.09. The van der Waals surface area contributed by atoms with Crippen molar-refractivity contribution in [2.45, 2.75) is 25.8 Å². The van der Waals surface area contributed by atoms with Gasteiger partial charge in [-0.25, -0.2) is 4.79 Å². The summed E-state index contributed by atoms with van der Waals surface area (Å²) in [5, 5.41) is 8.46. The van der Waals surface area contributed by atoms with Crippen LogP contribution in [0.4, 0.5) is 16.2 Å². The third kappa shape index (κ3) is 4.73. The van der Waals surface area contributed by atoms with Gasteiger partial charge >= 0.3 is 6.03 Å². The predicted molar refractivity (Wildman–Crippen MR) is 97.2 cm³/mol. The Morgan fingerprint density at radius 2 is 1.64 bits per heavy atom. The number of carbonyl (C=O) groups excluding carboxylic acids is 2. The fourth-order valence-electron chi connectivity index (χ4n) is 2.35. The average molecular weight is 339 g/mol.